The van der Waals surface area contributed by atoms with Gasteiger partial charge in [-0.2, -0.15) is 4.98 Å². The first-order chi connectivity index (χ1) is 17.5. The average Bonchev–Trinajstić information content (AvgIpc) is 3.54. The molecule has 2 aliphatic heterocycles. The van der Waals surface area contributed by atoms with Crippen LogP contribution >= 0.6 is 0 Å². The summed E-state index contributed by atoms with van der Waals surface area (Å²) >= 11 is 0. The van der Waals surface area contributed by atoms with E-state index in [9.17, 15) is 9.18 Å². The number of hydrogen-bond donors (Lipinski definition) is 1. The number of rotatable bonds is 4. The third-order valence-electron chi connectivity index (χ3n) is 6.25. The van der Waals surface area contributed by atoms with Gasteiger partial charge in [0.1, 0.15) is 5.82 Å². The van der Waals surface area contributed by atoms with Crippen LogP contribution in [0.4, 0.5) is 14.9 Å². The summed E-state index contributed by atoms with van der Waals surface area (Å²) < 4.78 is 30.8. The average molecular weight is 484 g/mol. The minimum Gasteiger partial charge on any atom is -0.454 e. The molecule has 6 rings (SSSR count). The Balaban J connectivity index is 1.49. The normalized spacial score (nSPS) is 16.9. The topological polar surface area (TPSA) is 89.7 Å². The number of ether oxygens (including phenoxy) is 2. The number of aryl methyl sites for hydroxylation is 1. The summed E-state index contributed by atoms with van der Waals surface area (Å²) in [6, 6.07) is 18.0. The van der Waals surface area contributed by atoms with E-state index in [0.29, 0.717) is 39.8 Å². The maximum atomic E-state index is 14.2. The molecule has 180 valence electrons. The van der Waals surface area contributed by atoms with Gasteiger partial charge in [0.15, 0.2) is 11.5 Å². The maximum absolute atomic E-state index is 14.2. The Hall–Kier alpha value is -4.66. The second-order valence-electron chi connectivity index (χ2n) is 8.60. The van der Waals surface area contributed by atoms with Crippen molar-refractivity contribution in [1.82, 2.24) is 15.5 Å². The largest absolute Gasteiger partial charge is 0.454 e. The summed E-state index contributed by atoms with van der Waals surface area (Å²) in [5.41, 5.74) is 4.15. The fourth-order valence-corrected chi connectivity index (χ4v) is 4.44. The number of carbonyl (C=O) groups is 1. The zero-order chi connectivity index (χ0) is 24.8. The fourth-order valence-electron chi connectivity index (χ4n) is 4.44. The van der Waals surface area contributed by atoms with Crippen molar-refractivity contribution >= 4 is 17.3 Å². The summed E-state index contributed by atoms with van der Waals surface area (Å²) in [5.74, 6) is 1.37. The molecular weight excluding hydrogens is 463 g/mol. The van der Waals surface area contributed by atoms with Crippen LogP contribution in [0.2, 0.25) is 0 Å². The number of nitrogens with one attached hydrogen (secondary N) is 1. The number of benzene rings is 3. The summed E-state index contributed by atoms with van der Waals surface area (Å²) in [5, 5.41) is 7.15. The van der Waals surface area contributed by atoms with Crippen molar-refractivity contribution in [3.63, 3.8) is 0 Å². The number of urea groups is 1. The van der Waals surface area contributed by atoms with E-state index in [0.717, 1.165) is 11.1 Å². The van der Waals surface area contributed by atoms with Crippen molar-refractivity contribution in [3.8, 4) is 22.9 Å². The third kappa shape index (κ3) is 3.74. The highest BCUT2D eigenvalue weighted by Gasteiger charge is 2.37. The summed E-state index contributed by atoms with van der Waals surface area (Å²) in [7, 11) is 0. The minimum atomic E-state index is -0.704. The Bertz CT molecular complexity index is 1510. The van der Waals surface area contributed by atoms with Crippen LogP contribution in [0.3, 0.4) is 0 Å². The SMILES string of the molecule is CC1=C(c2nc(-c3ccc(C)cc3)no2)C(c2cccc(F)c2)NC(=O)N1c1ccc2c(c1)OCO2. The number of aromatic nitrogens is 2. The number of carbonyl (C=O) groups excluding carboxylic acids is 1. The molecule has 0 spiro atoms. The van der Waals surface area contributed by atoms with Gasteiger partial charge in [0.25, 0.3) is 5.89 Å². The third-order valence-corrected chi connectivity index (χ3v) is 6.25. The highest BCUT2D eigenvalue weighted by molar-refractivity contribution is 6.01. The maximum Gasteiger partial charge on any atom is 0.327 e. The Morgan fingerprint density at radius 1 is 1.00 bits per heavy atom. The highest BCUT2D eigenvalue weighted by atomic mass is 19.1. The van der Waals surface area contributed by atoms with Gasteiger partial charge in [0, 0.05) is 17.3 Å². The van der Waals surface area contributed by atoms with E-state index in [1.165, 1.54) is 17.0 Å². The first-order valence-corrected chi connectivity index (χ1v) is 11.4. The van der Waals surface area contributed by atoms with Crippen LogP contribution in [0.25, 0.3) is 17.0 Å². The number of anilines is 1. The van der Waals surface area contributed by atoms with E-state index in [-0.39, 0.29) is 18.7 Å². The lowest BCUT2D eigenvalue weighted by Crippen LogP contribution is -2.46. The van der Waals surface area contributed by atoms with Crippen molar-refractivity contribution in [1.29, 1.82) is 0 Å². The Labute approximate surface area is 206 Å². The van der Waals surface area contributed by atoms with Crippen LogP contribution in [-0.2, 0) is 0 Å². The molecule has 4 aromatic rings. The van der Waals surface area contributed by atoms with Crippen LogP contribution < -0.4 is 19.7 Å². The van der Waals surface area contributed by atoms with Crippen LogP contribution in [-0.4, -0.2) is 23.0 Å². The predicted octanol–water partition coefficient (Wildman–Crippen LogP) is 5.61. The number of allylic oxidation sites excluding steroid dienone is 1. The lowest BCUT2D eigenvalue weighted by atomic mass is 9.94. The molecule has 3 aromatic carbocycles. The molecule has 0 fully saturated rings. The molecule has 0 aliphatic carbocycles. The Morgan fingerprint density at radius 3 is 2.61 bits per heavy atom. The first-order valence-electron chi connectivity index (χ1n) is 11.4. The molecule has 1 atom stereocenters. The zero-order valence-corrected chi connectivity index (χ0v) is 19.5. The van der Waals surface area contributed by atoms with Gasteiger partial charge >= 0.3 is 6.03 Å². The van der Waals surface area contributed by atoms with Crippen molar-refractivity contribution < 1.29 is 23.2 Å². The number of fused-ring (bicyclic) bond motifs is 1. The molecular formula is C27H21FN4O4. The van der Waals surface area contributed by atoms with Crippen LogP contribution in [0.5, 0.6) is 11.5 Å². The lowest BCUT2D eigenvalue weighted by Gasteiger charge is -2.35. The summed E-state index contributed by atoms with van der Waals surface area (Å²) in [6.07, 6.45) is 0. The minimum absolute atomic E-state index is 0.122. The first kappa shape index (κ1) is 21.8. The van der Waals surface area contributed by atoms with E-state index in [2.05, 4.69) is 15.5 Å². The van der Waals surface area contributed by atoms with Crippen molar-refractivity contribution in [3.05, 3.63) is 95.3 Å². The van der Waals surface area contributed by atoms with E-state index < -0.39 is 11.9 Å². The second kappa shape index (κ2) is 8.53. The van der Waals surface area contributed by atoms with Crippen molar-refractivity contribution in [2.75, 3.05) is 11.7 Å². The van der Waals surface area contributed by atoms with Gasteiger partial charge in [0.2, 0.25) is 12.6 Å². The monoisotopic (exact) mass is 484 g/mol. The molecule has 0 radical (unpaired) electrons. The van der Waals surface area contributed by atoms with Gasteiger partial charge in [-0.1, -0.05) is 47.1 Å². The van der Waals surface area contributed by atoms with Crippen molar-refractivity contribution in [2.45, 2.75) is 19.9 Å². The summed E-state index contributed by atoms with van der Waals surface area (Å²) in [4.78, 5) is 19.5. The van der Waals surface area contributed by atoms with Crippen LogP contribution in [0.1, 0.15) is 30.0 Å². The van der Waals surface area contributed by atoms with E-state index in [1.807, 2.05) is 31.2 Å². The zero-order valence-electron chi connectivity index (χ0n) is 19.5. The van der Waals surface area contributed by atoms with E-state index in [4.69, 9.17) is 14.0 Å². The van der Waals surface area contributed by atoms with E-state index in [1.54, 1.807) is 37.3 Å². The van der Waals surface area contributed by atoms with Gasteiger partial charge in [-0.25, -0.2) is 9.18 Å². The van der Waals surface area contributed by atoms with Gasteiger partial charge in [-0.05, 0) is 43.7 Å². The molecule has 1 N–H and O–H groups in total. The van der Waals surface area contributed by atoms with Gasteiger partial charge < -0.3 is 19.3 Å². The quantitative estimate of drug-likeness (QED) is 0.405. The molecule has 1 aromatic heterocycles. The number of halogens is 1. The Morgan fingerprint density at radius 2 is 1.81 bits per heavy atom. The Kier molecular flexibility index (Phi) is 5.18. The van der Waals surface area contributed by atoms with Crippen molar-refractivity contribution in [2.24, 2.45) is 0 Å². The second-order valence-corrected chi connectivity index (χ2v) is 8.60. The number of nitrogens with zero attached hydrogens (tertiary/aromatic N) is 3. The molecule has 0 saturated heterocycles. The standard InChI is InChI=1S/C27H21FN4O4/c1-15-6-8-17(9-7-15)25-30-26(36-31-25)23-16(2)32(20-10-11-21-22(13-20)35-14-34-21)27(33)29-24(23)18-4-3-5-19(28)12-18/h3-13,24H,14H2,1-2H3,(H,29,33). The number of hydrogen-bond acceptors (Lipinski definition) is 6. The van der Waals surface area contributed by atoms with Crippen LogP contribution in [0, 0.1) is 12.7 Å². The molecule has 9 heteroatoms. The molecule has 8 nitrogen and oxygen atoms in total. The van der Waals surface area contributed by atoms with Crippen LogP contribution in [0.15, 0.2) is 77.0 Å². The van der Waals surface area contributed by atoms with Gasteiger partial charge in [-0.3, -0.25) is 4.90 Å². The smallest absolute Gasteiger partial charge is 0.327 e. The molecule has 2 amide bonds. The highest BCUT2D eigenvalue weighted by Crippen LogP contribution is 2.42. The number of amides is 2. The van der Waals surface area contributed by atoms with Gasteiger partial charge in [0.05, 0.1) is 17.3 Å². The molecule has 1 unspecified atom stereocenters. The predicted molar refractivity (Wildman–Crippen MR) is 130 cm³/mol. The molecule has 2 aliphatic rings. The molecule has 36 heavy (non-hydrogen) atoms. The fraction of sp³-hybridized carbons (Fsp3) is 0.148. The molecule has 3 heterocycles. The lowest BCUT2D eigenvalue weighted by molar-refractivity contribution is 0.174. The van der Waals surface area contributed by atoms with E-state index >= 15 is 0 Å². The summed E-state index contributed by atoms with van der Waals surface area (Å²) in [6.45, 7) is 3.91. The molecule has 0 saturated carbocycles. The van der Waals surface area contributed by atoms with Gasteiger partial charge in [-0.15, -0.1) is 0 Å². The molecule has 0 bridgehead atoms.